The summed E-state index contributed by atoms with van der Waals surface area (Å²) in [6.45, 7) is 3.40. The summed E-state index contributed by atoms with van der Waals surface area (Å²) in [5.41, 5.74) is 6.12. The van der Waals surface area contributed by atoms with Gasteiger partial charge in [0.15, 0.2) is 0 Å². The van der Waals surface area contributed by atoms with Gasteiger partial charge in [-0.15, -0.1) is 0 Å². The fourth-order valence-electron chi connectivity index (χ4n) is 3.29. The minimum absolute atomic E-state index is 0.00000283. The van der Waals surface area contributed by atoms with E-state index < -0.39 is 0 Å². The first-order valence-corrected chi connectivity index (χ1v) is 7.91. The normalized spacial score (nSPS) is 29.1. The van der Waals surface area contributed by atoms with Gasteiger partial charge in [0.25, 0.3) is 0 Å². The molecule has 0 radical (unpaired) electrons. The molecule has 114 valence electrons. The number of hydrogen-bond acceptors (Lipinski definition) is 3. The van der Waals surface area contributed by atoms with Crippen LogP contribution in [0.25, 0.3) is 0 Å². The number of amides is 2. The third-order valence-corrected chi connectivity index (χ3v) is 4.46. The summed E-state index contributed by atoms with van der Waals surface area (Å²) in [7, 11) is 0. The van der Waals surface area contributed by atoms with Crippen molar-refractivity contribution in [3.8, 4) is 0 Å². The second-order valence-corrected chi connectivity index (χ2v) is 6.26. The van der Waals surface area contributed by atoms with E-state index in [9.17, 15) is 9.59 Å². The quantitative estimate of drug-likeness (QED) is 0.756. The molecule has 0 spiro atoms. The maximum atomic E-state index is 12.3. The van der Waals surface area contributed by atoms with Gasteiger partial charge in [-0.05, 0) is 26.2 Å². The van der Waals surface area contributed by atoms with E-state index in [-0.39, 0.29) is 29.8 Å². The van der Waals surface area contributed by atoms with E-state index in [0.29, 0.717) is 13.0 Å². The Hall–Kier alpha value is -1.10. The lowest BCUT2D eigenvalue weighted by Crippen LogP contribution is -2.48. The van der Waals surface area contributed by atoms with Crippen molar-refractivity contribution >= 4 is 11.8 Å². The third-order valence-electron chi connectivity index (χ3n) is 4.46. The Kier molecular flexibility index (Phi) is 5.40. The Bertz CT molecular complexity index is 359. The lowest BCUT2D eigenvalue weighted by atomic mass is 9.94. The van der Waals surface area contributed by atoms with E-state index in [1.54, 1.807) is 0 Å². The molecule has 2 rings (SSSR count). The molecule has 5 heteroatoms. The number of likely N-dealkylation sites (tertiary alicyclic amines) is 1. The van der Waals surface area contributed by atoms with Gasteiger partial charge in [-0.3, -0.25) is 9.59 Å². The van der Waals surface area contributed by atoms with Crippen LogP contribution in [-0.4, -0.2) is 41.9 Å². The standard InChI is InChI=1S/C15H27N3O2/c1-11(10-18-9-5-8-14(18)19)17-15(20)12-6-3-2-4-7-13(12)16/h11-13H,2-10,16H2,1H3,(H,17,20). The lowest BCUT2D eigenvalue weighted by molar-refractivity contribution is -0.130. The van der Waals surface area contributed by atoms with Gasteiger partial charge in [-0.25, -0.2) is 0 Å². The highest BCUT2D eigenvalue weighted by Crippen LogP contribution is 2.22. The first-order valence-electron chi connectivity index (χ1n) is 7.91. The molecule has 1 aliphatic heterocycles. The number of hydrogen-bond donors (Lipinski definition) is 2. The van der Waals surface area contributed by atoms with Crippen molar-refractivity contribution in [2.45, 2.75) is 64.0 Å². The predicted molar refractivity (Wildman–Crippen MR) is 78.0 cm³/mol. The molecular formula is C15H27N3O2. The Morgan fingerprint density at radius 1 is 1.35 bits per heavy atom. The number of carbonyl (C=O) groups excluding carboxylic acids is 2. The molecule has 0 bridgehead atoms. The summed E-state index contributed by atoms with van der Waals surface area (Å²) >= 11 is 0. The lowest BCUT2D eigenvalue weighted by Gasteiger charge is -2.25. The van der Waals surface area contributed by atoms with Crippen molar-refractivity contribution in [3.05, 3.63) is 0 Å². The van der Waals surface area contributed by atoms with Crippen LogP contribution in [0.1, 0.15) is 51.9 Å². The molecule has 2 aliphatic rings. The minimum Gasteiger partial charge on any atom is -0.352 e. The maximum absolute atomic E-state index is 12.3. The van der Waals surface area contributed by atoms with Crippen molar-refractivity contribution < 1.29 is 9.59 Å². The number of rotatable bonds is 4. The minimum atomic E-state index is -0.0609. The van der Waals surface area contributed by atoms with Gasteiger partial charge in [-0.2, -0.15) is 0 Å². The summed E-state index contributed by atoms with van der Waals surface area (Å²) < 4.78 is 0. The van der Waals surface area contributed by atoms with Gasteiger partial charge < -0.3 is 16.0 Å². The average molecular weight is 281 g/mol. The molecule has 2 fully saturated rings. The van der Waals surface area contributed by atoms with Crippen LogP contribution in [0.15, 0.2) is 0 Å². The van der Waals surface area contributed by atoms with Crippen molar-refractivity contribution in [1.82, 2.24) is 10.2 Å². The van der Waals surface area contributed by atoms with Crippen molar-refractivity contribution in [2.75, 3.05) is 13.1 Å². The van der Waals surface area contributed by atoms with E-state index >= 15 is 0 Å². The van der Waals surface area contributed by atoms with Gasteiger partial charge in [0.05, 0.1) is 5.92 Å². The number of nitrogens with two attached hydrogens (primary N) is 1. The molecule has 3 atom stereocenters. The highest BCUT2D eigenvalue weighted by atomic mass is 16.2. The van der Waals surface area contributed by atoms with Crippen LogP contribution in [-0.2, 0) is 9.59 Å². The van der Waals surface area contributed by atoms with E-state index in [2.05, 4.69) is 5.32 Å². The second kappa shape index (κ2) is 7.07. The summed E-state index contributed by atoms with van der Waals surface area (Å²) in [6.07, 6.45) is 6.81. The molecule has 0 aromatic rings. The number of carbonyl (C=O) groups is 2. The van der Waals surface area contributed by atoms with Gasteiger partial charge in [0.1, 0.15) is 0 Å². The summed E-state index contributed by atoms with van der Waals surface area (Å²) in [4.78, 5) is 25.8. The fourth-order valence-corrected chi connectivity index (χ4v) is 3.29. The molecule has 20 heavy (non-hydrogen) atoms. The molecule has 1 saturated carbocycles. The van der Waals surface area contributed by atoms with Crippen LogP contribution in [0.4, 0.5) is 0 Å². The third kappa shape index (κ3) is 3.95. The second-order valence-electron chi connectivity index (χ2n) is 6.26. The zero-order valence-corrected chi connectivity index (χ0v) is 12.4. The van der Waals surface area contributed by atoms with Crippen LogP contribution in [0.3, 0.4) is 0 Å². The molecule has 1 saturated heterocycles. The summed E-state index contributed by atoms with van der Waals surface area (Å²) in [6, 6.07) is -0.0156. The first-order chi connectivity index (χ1) is 9.58. The first kappa shape index (κ1) is 15.3. The van der Waals surface area contributed by atoms with E-state index in [0.717, 1.165) is 38.6 Å². The van der Waals surface area contributed by atoms with Crippen LogP contribution < -0.4 is 11.1 Å². The molecule has 5 nitrogen and oxygen atoms in total. The topological polar surface area (TPSA) is 75.4 Å². The zero-order chi connectivity index (χ0) is 14.5. The Balaban J connectivity index is 1.81. The maximum Gasteiger partial charge on any atom is 0.224 e. The van der Waals surface area contributed by atoms with E-state index in [4.69, 9.17) is 5.73 Å². The largest absolute Gasteiger partial charge is 0.352 e. The van der Waals surface area contributed by atoms with Crippen LogP contribution in [0.2, 0.25) is 0 Å². The monoisotopic (exact) mass is 281 g/mol. The van der Waals surface area contributed by atoms with Gasteiger partial charge in [0, 0.05) is 31.6 Å². The van der Waals surface area contributed by atoms with Crippen LogP contribution in [0.5, 0.6) is 0 Å². The number of nitrogens with one attached hydrogen (secondary N) is 1. The zero-order valence-electron chi connectivity index (χ0n) is 12.4. The van der Waals surface area contributed by atoms with E-state index in [1.165, 1.54) is 6.42 Å². The van der Waals surface area contributed by atoms with Crippen LogP contribution in [0, 0.1) is 5.92 Å². The smallest absolute Gasteiger partial charge is 0.224 e. The summed E-state index contributed by atoms with van der Waals surface area (Å²) in [5, 5.41) is 3.04. The highest BCUT2D eigenvalue weighted by Gasteiger charge is 2.29. The molecule has 1 heterocycles. The highest BCUT2D eigenvalue weighted by molar-refractivity contribution is 5.80. The van der Waals surface area contributed by atoms with Crippen molar-refractivity contribution in [1.29, 1.82) is 0 Å². The van der Waals surface area contributed by atoms with E-state index in [1.807, 2.05) is 11.8 Å². The molecule has 3 unspecified atom stereocenters. The van der Waals surface area contributed by atoms with Crippen molar-refractivity contribution in [2.24, 2.45) is 11.7 Å². The molecule has 1 aliphatic carbocycles. The SMILES string of the molecule is CC(CN1CCCC1=O)NC(=O)C1CCCCCC1N. The Labute approximate surface area is 121 Å². The van der Waals surface area contributed by atoms with Gasteiger partial charge >= 0.3 is 0 Å². The van der Waals surface area contributed by atoms with Gasteiger partial charge in [-0.1, -0.05) is 19.3 Å². The average Bonchev–Trinajstić information content (AvgIpc) is 2.66. The fraction of sp³-hybridized carbons (Fsp3) is 0.867. The molecule has 2 amide bonds. The Morgan fingerprint density at radius 2 is 2.10 bits per heavy atom. The molecule has 0 aromatic heterocycles. The predicted octanol–water partition coefficient (Wildman–Crippen LogP) is 1.02. The molecule has 3 N–H and O–H groups in total. The van der Waals surface area contributed by atoms with Crippen LogP contribution >= 0.6 is 0 Å². The molecular weight excluding hydrogens is 254 g/mol. The Morgan fingerprint density at radius 3 is 2.80 bits per heavy atom. The molecule has 0 aromatic carbocycles. The summed E-state index contributed by atoms with van der Waals surface area (Å²) in [5.74, 6) is 0.213. The van der Waals surface area contributed by atoms with Gasteiger partial charge in [0.2, 0.25) is 11.8 Å². The van der Waals surface area contributed by atoms with Crippen molar-refractivity contribution in [3.63, 3.8) is 0 Å². The number of nitrogens with zero attached hydrogens (tertiary/aromatic N) is 1.